The van der Waals surface area contributed by atoms with E-state index in [4.69, 9.17) is 9.47 Å². The summed E-state index contributed by atoms with van der Waals surface area (Å²) in [4.78, 5) is 45.1. The van der Waals surface area contributed by atoms with Crippen LogP contribution in [0, 0.1) is 5.92 Å². The molecular formula is C18H25N3O5. The number of likely N-dealkylation sites (tertiary alicyclic amines) is 1. The van der Waals surface area contributed by atoms with Gasteiger partial charge >= 0.3 is 5.97 Å². The van der Waals surface area contributed by atoms with Crippen LogP contribution in [-0.4, -0.2) is 60.0 Å². The van der Waals surface area contributed by atoms with Gasteiger partial charge in [0.15, 0.2) is 0 Å². The van der Waals surface area contributed by atoms with Gasteiger partial charge in [-0.3, -0.25) is 19.3 Å². The first-order valence-corrected chi connectivity index (χ1v) is 9.07. The number of fused-ring (bicyclic) bond motifs is 1. The van der Waals surface area contributed by atoms with E-state index < -0.39 is 0 Å². The largest absolute Gasteiger partial charge is 0.469 e. The topological polar surface area (TPSA) is 102 Å². The highest BCUT2D eigenvalue weighted by atomic mass is 16.5. The molecule has 8 heteroatoms. The standard InChI is InChI=1S/C18H25N3O5/c1-25-18(24)12-4-7-21(8-5-12)10-13(22)2-3-16-19-15-6-9-26-11-14(15)17(23)20-16/h12H,2-11H2,1H3,(H,19,20,23). The Kier molecular flexibility index (Phi) is 6.16. The fourth-order valence-electron chi connectivity index (χ4n) is 3.49. The van der Waals surface area contributed by atoms with Crippen LogP contribution in [0.25, 0.3) is 0 Å². The number of nitrogens with zero attached hydrogens (tertiary/aromatic N) is 2. The van der Waals surface area contributed by atoms with Gasteiger partial charge in [-0.25, -0.2) is 4.98 Å². The highest BCUT2D eigenvalue weighted by molar-refractivity contribution is 5.80. The number of esters is 1. The van der Waals surface area contributed by atoms with Crippen molar-refractivity contribution in [1.29, 1.82) is 0 Å². The Morgan fingerprint density at radius 3 is 2.85 bits per heavy atom. The van der Waals surface area contributed by atoms with E-state index in [1.807, 2.05) is 0 Å². The van der Waals surface area contributed by atoms with Crippen molar-refractivity contribution >= 4 is 11.8 Å². The first-order chi connectivity index (χ1) is 12.6. The van der Waals surface area contributed by atoms with E-state index in [1.165, 1.54) is 7.11 Å². The fourth-order valence-corrected chi connectivity index (χ4v) is 3.49. The SMILES string of the molecule is COC(=O)C1CCN(CC(=O)CCc2nc3c(c(=O)[nH]2)COCC3)CC1. The van der Waals surface area contributed by atoms with Gasteiger partial charge in [-0.15, -0.1) is 0 Å². The zero-order chi connectivity index (χ0) is 18.5. The Bertz CT molecular complexity index is 722. The average Bonchev–Trinajstić information content (AvgIpc) is 2.66. The highest BCUT2D eigenvalue weighted by Crippen LogP contribution is 2.18. The second kappa shape index (κ2) is 8.55. The molecule has 0 radical (unpaired) electrons. The number of aryl methyl sites for hydroxylation is 1. The van der Waals surface area contributed by atoms with Crippen molar-refractivity contribution in [3.8, 4) is 0 Å². The second-order valence-electron chi connectivity index (χ2n) is 6.85. The van der Waals surface area contributed by atoms with Crippen LogP contribution in [0.5, 0.6) is 0 Å². The van der Waals surface area contributed by atoms with E-state index in [1.54, 1.807) is 0 Å². The van der Waals surface area contributed by atoms with Gasteiger partial charge in [0.1, 0.15) is 11.6 Å². The number of methoxy groups -OCH3 is 1. The number of piperidine rings is 1. The molecule has 142 valence electrons. The molecule has 8 nitrogen and oxygen atoms in total. The van der Waals surface area contributed by atoms with Crippen molar-refractivity contribution in [2.75, 3.05) is 33.4 Å². The minimum atomic E-state index is -0.165. The van der Waals surface area contributed by atoms with Crippen molar-refractivity contribution in [3.63, 3.8) is 0 Å². The number of nitrogens with one attached hydrogen (secondary N) is 1. The molecule has 0 saturated carbocycles. The summed E-state index contributed by atoms with van der Waals surface area (Å²) in [6.45, 7) is 2.69. The molecule has 0 bridgehead atoms. The molecule has 1 fully saturated rings. The van der Waals surface area contributed by atoms with Gasteiger partial charge in [-0.2, -0.15) is 0 Å². The maximum Gasteiger partial charge on any atom is 0.308 e. The summed E-state index contributed by atoms with van der Waals surface area (Å²) in [6.07, 6.45) is 2.86. The van der Waals surface area contributed by atoms with Crippen LogP contribution < -0.4 is 5.56 Å². The number of carbonyl (C=O) groups excluding carboxylic acids is 2. The number of aromatic nitrogens is 2. The minimum Gasteiger partial charge on any atom is -0.469 e. The summed E-state index contributed by atoms with van der Waals surface area (Å²) in [5.74, 6) is 0.461. The van der Waals surface area contributed by atoms with Crippen LogP contribution in [0.15, 0.2) is 4.79 Å². The van der Waals surface area contributed by atoms with E-state index in [0.717, 1.165) is 31.6 Å². The third kappa shape index (κ3) is 4.56. The van der Waals surface area contributed by atoms with E-state index in [-0.39, 0.29) is 23.2 Å². The van der Waals surface area contributed by atoms with Crippen LogP contribution in [0.3, 0.4) is 0 Å². The summed E-state index contributed by atoms with van der Waals surface area (Å²) in [5.41, 5.74) is 1.22. The summed E-state index contributed by atoms with van der Waals surface area (Å²) in [5, 5.41) is 0. The lowest BCUT2D eigenvalue weighted by molar-refractivity contribution is -0.147. The first-order valence-electron chi connectivity index (χ1n) is 9.07. The van der Waals surface area contributed by atoms with Gasteiger partial charge in [-0.05, 0) is 25.9 Å². The Labute approximate surface area is 151 Å². The molecule has 1 aromatic heterocycles. The number of Topliss-reactive ketones (excluding diaryl/α,β-unsaturated/α-hetero) is 1. The molecule has 1 aromatic rings. The Morgan fingerprint density at radius 2 is 2.12 bits per heavy atom. The van der Waals surface area contributed by atoms with Crippen molar-refractivity contribution in [2.24, 2.45) is 5.92 Å². The van der Waals surface area contributed by atoms with Crippen LogP contribution >= 0.6 is 0 Å². The lowest BCUT2D eigenvalue weighted by Crippen LogP contribution is -2.39. The predicted octanol–water partition coefficient (Wildman–Crippen LogP) is 0.229. The van der Waals surface area contributed by atoms with Gasteiger partial charge in [0.05, 0.1) is 44.0 Å². The number of aromatic amines is 1. The molecule has 0 atom stereocenters. The second-order valence-corrected chi connectivity index (χ2v) is 6.85. The third-order valence-corrected chi connectivity index (χ3v) is 5.04. The third-order valence-electron chi connectivity index (χ3n) is 5.04. The van der Waals surface area contributed by atoms with Crippen LogP contribution in [0.4, 0.5) is 0 Å². The fraction of sp³-hybridized carbons (Fsp3) is 0.667. The molecule has 0 unspecified atom stereocenters. The van der Waals surface area contributed by atoms with Gasteiger partial charge in [0.2, 0.25) is 0 Å². The van der Waals surface area contributed by atoms with Crippen molar-refractivity contribution < 1.29 is 19.1 Å². The number of hydrogen-bond donors (Lipinski definition) is 1. The van der Waals surface area contributed by atoms with Crippen molar-refractivity contribution in [2.45, 2.75) is 38.7 Å². The highest BCUT2D eigenvalue weighted by Gasteiger charge is 2.26. The van der Waals surface area contributed by atoms with Crippen LogP contribution in [0.2, 0.25) is 0 Å². The van der Waals surface area contributed by atoms with Crippen LogP contribution in [0.1, 0.15) is 36.3 Å². The van der Waals surface area contributed by atoms with Crippen molar-refractivity contribution in [1.82, 2.24) is 14.9 Å². The number of rotatable bonds is 6. The Balaban J connectivity index is 1.47. The van der Waals surface area contributed by atoms with Gasteiger partial charge in [-0.1, -0.05) is 0 Å². The molecule has 26 heavy (non-hydrogen) atoms. The summed E-state index contributed by atoms with van der Waals surface area (Å²) in [7, 11) is 1.41. The molecule has 2 aliphatic rings. The monoisotopic (exact) mass is 363 g/mol. The zero-order valence-corrected chi connectivity index (χ0v) is 15.1. The first kappa shape index (κ1) is 18.7. The van der Waals surface area contributed by atoms with E-state index >= 15 is 0 Å². The lowest BCUT2D eigenvalue weighted by atomic mass is 9.97. The molecule has 0 aromatic carbocycles. The molecule has 1 N–H and O–H groups in total. The van der Waals surface area contributed by atoms with Gasteiger partial charge in [0.25, 0.3) is 5.56 Å². The molecule has 2 aliphatic heterocycles. The smallest absolute Gasteiger partial charge is 0.308 e. The number of ketones is 1. The maximum absolute atomic E-state index is 12.3. The summed E-state index contributed by atoms with van der Waals surface area (Å²) in [6, 6.07) is 0. The molecule has 0 aliphatic carbocycles. The van der Waals surface area contributed by atoms with Gasteiger partial charge in [0, 0.05) is 19.3 Å². The Hall–Kier alpha value is -2.06. The summed E-state index contributed by atoms with van der Waals surface area (Å²) >= 11 is 0. The van der Waals surface area contributed by atoms with Gasteiger partial charge < -0.3 is 14.5 Å². The average molecular weight is 363 g/mol. The maximum atomic E-state index is 12.3. The number of carbonyl (C=O) groups is 2. The molecule has 3 rings (SSSR count). The number of ether oxygens (including phenoxy) is 2. The van der Waals surface area contributed by atoms with Crippen molar-refractivity contribution in [3.05, 3.63) is 27.4 Å². The predicted molar refractivity (Wildman–Crippen MR) is 92.7 cm³/mol. The lowest BCUT2D eigenvalue weighted by Gasteiger charge is -2.29. The minimum absolute atomic E-state index is 0.0555. The number of hydrogen-bond acceptors (Lipinski definition) is 7. The molecule has 0 spiro atoms. The molecule has 1 saturated heterocycles. The Morgan fingerprint density at radius 1 is 1.35 bits per heavy atom. The van der Waals surface area contributed by atoms with E-state index in [0.29, 0.717) is 50.4 Å². The molecule has 0 amide bonds. The van der Waals surface area contributed by atoms with Crippen LogP contribution in [-0.2, 0) is 38.5 Å². The summed E-state index contributed by atoms with van der Waals surface area (Å²) < 4.78 is 10.1. The zero-order valence-electron chi connectivity index (χ0n) is 15.1. The molecular weight excluding hydrogens is 338 g/mol. The quantitative estimate of drug-likeness (QED) is 0.722. The molecule has 3 heterocycles. The normalized spacial score (nSPS) is 18.3. The van der Waals surface area contributed by atoms with E-state index in [2.05, 4.69) is 14.9 Å². The number of H-pyrrole nitrogens is 1. The van der Waals surface area contributed by atoms with E-state index in [9.17, 15) is 14.4 Å².